The third-order valence-electron chi connectivity index (χ3n) is 2.12. The summed E-state index contributed by atoms with van der Waals surface area (Å²) in [6, 6.07) is 0.696. The fourth-order valence-corrected chi connectivity index (χ4v) is 2.14. The van der Waals surface area contributed by atoms with Gasteiger partial charge in [-0.25, -0.2) is 12.8 Å². The van der Waals surface area contributed by atoms with Crippen LogP contribution in [0.1, 0.15) is 10.5 Å². The second-order valence-electron chi connectivity index (χ2n) is 3.69. The maximum absolute atomic E-state index is 12.3. The lowest BCUT2D eigenvalue weighted by Gasteiger charge is -2.11. The average molecular weight is 337 g/mol. The molecule has 5 nitrogen and oxygen atoms in total. The quantitative estimate of drug-likeness (QED) is 0.657. The van der Waals surface area contributed by atoms with Crippen LogP contribution in [0.25, 0.3) is 0 Å². The van der Waals surface area contributed by atoms with E-state index in [1.54, 1.807) is 0 Å². The molecule has 1 rings (SSSR count). The molecule has 0 spiro atoms. The summed E-state index contributed by atoms with van der Waals surface area (Å²) in [4.78, 5) is 10.9. The normalized spacial score (nSPS) is 12.4. The Kier molecular flexibility index (Phi) is 5.03. The maximum Gasteiger partial charge on any atom is 0.406 e. The van der Waals surface area contributed by atoms with Gasteiger partial charge in [-0.3, -0.25) is 4.79 Å². The molecule has 1 N–H and O–H groups in total. The van der Waals surface area contributed by atoms with Crippen molar-refractivity contribution in [3.8, 4) is 0 Å². The summed E-state index contributed by atoms with van der Waals surface area (Å²) in [5, 5.41) is 2.00. The fourth-order valence-electron chi connectivity index (χ4n) is 1.38. The summed E-state index contributed by atoms with van der Waals surface area (Å²) >= 11 is 0. The Morgan fingerprint density at radius 3 is 2.45 bits per heavy atom. The molecule has 114 valence electrons. The van der Waals surface area contributed by atoms with Crippen molar-refractivity contribution in [3.63, 3.8) is 0 Å². The van der Waals surface area contributed by atoms with E-state index in [9.17, 15) is 30.8 Å². The number of carbonyl (C=O) groups excluding carboxylic acids is 1. The van der Waals surface area contributed by atoms with Gasteiger partial charge in [-0.05, 0) is 6.07 Å². The molecule has 1 heterocycles. The van der Waals surface area contributed by atoms with Gasteiger partial charge in [-0.2, -0.15) is 13.2 Å². The molecule has 11 heteroatoms. The van der Waals surface area contributed by atoms with E-state index in [1.807, 2.05) is 5.32 Å². The molecule has 20 heavy (non-hydrogen) atoms. The van der Waals surface area contributed by atoms with Crippen LogP contribution in [-0.4, -0.2) is 38.3 Å². The van der Waals surface area contributed by atoms with Gasteiger partial charge in [-0.15, -0.1) is 0 Å². The third-order valence-corrected chi connectivity index (χ3v) is 3.44. The van der Waals surface area contributed by atoms with Gasteiger partial charge in [0.15, 0.2) is 0 Å². The molecule has 0 aromatic carbocycles. The van der Waals surface area contributed by atoms with Gasteiger partial charge in [0.1, 0.15) is 23.8 Å². The SMILES string of the molecule is O=C(NCCF)c1cc(S(=O)(=O)Cl)cn1CC(F)(F)F. The van der Waals surface area contributed by atoms with Crippen LogP contribution >= 0.6 is 10.7 Å². The lowest BCUT2D eigenvalue weighted by Crippen LogP contribution is -2.29. The van der Waals surface area contributed by atoms with E-state index in [4.69, 9.17) is 10.7 Å². The number of amides is 1. The molecule has 0 bridgehead atoms. The predicted octanol–water partition coefficient (Wildman–Crippen LogP) is 1.68. The maximum atomic E-state index is 12.3. The van der Waals surface area contributed by atoms with Crippen LogP contribution in [0.15, 0.2) is 17.2 Å². The second kappa shape index (κ2) is 6.00. The van der Waals surface area contributed by atoms with E-state index in [-0.39, 0.29) is 0 Å². The highest BCUT2D eigenvalue weighted by Crippen LogP contribution is 2.23. The summed E-state index contributed by atoms with van der Waals surface area (Å²) in [5.74, 6) is -1.03. The highest BCUT2D eigenvalue weighted by Gasteiger charge is 2.31. The number of rotatable bonds is 5. The van der Waals surface area contributed by atoms with Gasteiger partial charge < -0.3 is 9.88 Å². The van der Waals surface area contributed by atoms with Crippen LogP contribution in [0, 0.1) is 0 Å². The van der Waals surface area contributed by atoms with Crippen LogP contribution in [-0.2, 0) is 15.6 Å². The zero-order chi connectivity index (χ0) is 15.6. The Balaban J connectivity index is 3.19. The molecule has 0 aliphatic rings. The molecular formula is C9H9ClF4N2O3S. The van der Waals surface area contributed by atoms with Gasteiger partial charge in [0.05, 0.1) is 0 Å². The standard InChI is InChI=1S/C9H9ClF4N2O3S/c10-20(18,19)6-3-7(8(17)15-2-1-11)16(4-6)5-9(12,13)14/h3-4H,1-2,5H2,(H,15,17). The fraction of sp³-hybridized carbons (Fsp3) is 0.444. The van der Waals surface area contributed by atoms with Crippen LogP contribution in [0.3, 0.4) is 0 Å². The molecule has 0 unspecified atom stereocenters. The first-order valence-electron chi connectivity index (χ1n) is 5.10. The molecule has 0 saturated heterocycles. The summed E-state index contributed by atoms with van der Waals surface area (Å²) < 4.78 is 71.5. The van der Waals surface area contributed by atoms with Crippen molar-refractivity contribution >= 4 is 25.6 Å². The number of hydrogen-bond acceptors (Lipinski definition) is 3. The van der Waals surface area contributed by atoms with Crippen LogP contribution in [0.4, 0.5) is 17.6 Å². The lowest BCUT2D eigenvalue weighted by atomic mass is 10.4. The van der Waals surface area contributed by atoms with Crippen molar-refractivity contribution in [2.45, 2.75) is 17.6 Å². The molecular weight excluding hydrogens is 328 g/mol. The van der Waals surface area contributed by atoms with E-state index in [2.05, 4.69) is 0 Å². The smallest absolute Gasteiger partial charge is 0.348 e. The summed E-state index contributed by atoms with van der Waals surface area (Å²) in [6.45, 7) is -2.89. The Morgan fingerprint density at radius 2 is 2.00 bits per heavy atom. The molecule has 1 aromatic heterocycles. The third kappa shape index (κ3) is 4.67. The molecule has 0 aliphatic heterocycles. The predicted molar refractivity (Wildman–Crippen MR) is 61.8 cm³/mol. The van der Waals surface area contributed by atoms with Gasteiger partial charge >= 0.3 is 6.18 Å². The molecule has 1 aromatic rings. The zero-order valence-corrected chi connectivity index (χ0v) is 11.3. The molecule has 0 radical (unpaired) electrons. The van der Waals surface area contributed by atoms with Crippen molar-refractivity contribution < 1.29 is 30.8 Å². The Bertz CT molecular complexity index is 597. The monoisotopic (exact) mass is 336 g/mol. The van der Waals surface area contributed by atoms with Crippen molar-refractivity contribution in [2.75, 3.05) is 13.2 Å². The minimum atomic E-state index is -4.67. The van der Waals surface area contributed by atoms with Gasteiger partial charge in [-0.1, -0.05) is 0 Å². The van der Waals surface area contributed by atoms with Crippen molar-refractivity contribution in [1.29, 1.82) is 0 Å². The van der Waals surface area contributed by atoms with Gasteiger partial charge in [0, 0.05) is 23.4 Å². The van der Waals surface area contributed by atoms with E-state index in [1.165, 1.54) is 0 Å². The van der Waals surface area contributed by atoms with Crippen LogP contribution < -0.4 is 5.32 Å². The van der Waals surface area contributed by atoms with Gasteiger partial charge in [0.2, 0.25) is 0 Å². The number of halogens is 5. The van der Waals surface area contributed by atoms with Crippen molar-refractivity contribution in [2.24, 2.45) is 0 Å². The van der Waals surface area contributed by atoms with E-state index >= 15 is 0 Å². The molecule has 0 aliphatic carbocycles. The average Bonchev–Trinajstić information content (AvgIpc) is 2.67. The Labute approximate surface area is 115 Å². The molecule has 0 saturated carbocycles. The highest BCUT2D eigenvalue weighted by atomic mass is 35.7. The number of alkyl halides is 4. The number of nitrogens with one attached hydrogen (secondary N) is 1. The molecule has 1 amide bonds. The Morgan fingerprint density at radius 1 is 1.40 bits per heavy atom. The van der Waals surface area contributed by atoms with E-state index < -0.39 is 51.5 Å². The zero-order valence-electron chi connectivity index (χ0n) is 9.75. The van der Waals surface area contributed by atoms with Gasteiger partial charge in [0.25, 0.3) is 15.0 Å². The van der Waals surface area contributed by atoms with Crippen molar-refractivity contribution in [3.05, 3.63) is 18.0 Å². The number of hydrogen-bond donors (Lipinski definition) is 1. The molecule has 0 atom stereocenters. The van der Waals surface area contributed by atoms with Crippen LogP contribution in [0.2, 0.25) is 0 Å². The first-order chi connectivity index (χ1) is 9.04. The van der Waals surface area contributed by atoms with Crippen molar-refractivity contribution in [1.82, 2.24) is 9.88 Å². The lowest BCUT2D eigenvalue weighted by molar-refractivity contribution is -0.140. The highest BCUT2D eigenvalue weighted by molar-refractivity contribution is 8.13. The number of carbonyl (C=O) groups is 1. The minimum Gasteiger partial charge on any atom is -0.348 e. The number of nitrogens with zero attached hydrogens (tertiary/aromatic N) is 1. The summed E-state index contributed by atoms with van der Waals surface area (Å²) in [7, 11) is 0.726. The summed E-state index contributed by atoms with van der Waals surface area (Å²) in [6.07, 6.45) is -4.07. The van der Waals surface area contributed by atoms with E-state index in [0.29, 0.717) is 16.8 Å². The summed E-state index contributed by atoms with van der Waals surface area (Å²) in [5.41, 5.74) is -0.574. The minimum absolute atomic E-state index is 0.392. The van der Waals surface area contributed by atoms with Crippen LogP contribution in [0.5, 0.6) is 0 Å². The topological polar surface area (TPSA) is 68.2 Å². The number of aromatic nitrogens is 1. The first-order valence-corrected chi connectivity index (χ1v) is 7.41. The Hall–Kier alpha value is -1.29. The second-order valence-corrected chi connectivity index (χ2v) is 6.25. The first kappa shape index (κ1) is 16.8. The largest absolute Gasteiger partial charge is 0.406 e. The molecule has 0 fully saturated rings. The van der Waals surface area contributed by atoms with E-state index in [0.717, 1.165) is 0 Å².